The van der Waals surface area contributed by atoms with E-state index in [1.165, 1.54) is 49.3 Å². The quantitative estimate of drug-likeness (QED) is 0.241. The Morgan fingerprint density at radius 1 is 0.667 bits per heavy atom. The van der Waals surface area contributed by atoms with Gasteiger partial charge < -0.3 is 4.74 Å². The first-order chi connectivity index (χ1) is 17.5. The Labute approximate surface area is 216 Å². The second-order valence-electron chi connectivity index (χ2n) is 9.53. The van der Waals surface area contributed by atoms with E-state index in [4.69, 9.17) is 4.74 Å². The van der Waals surface area contributed by atoms with Crippen LogP contribution in [0.25, 0.3) is 5.57 Å². The average Bonchev–Trinajstić information content (AvgIpc) is 3.12. The molecule has 1 aliphatic carbocycles. The van der Waals surface area contributed by atoms with E-state index in [1.54, 1.807) is 0 Å². The fraction of sp³-hybridized carbons (Fsp3) is 0.176. The van der Waals surface area contributed by atoms with Crippen molar-refractivity contribution in [3.63, 3.8) is 0 Å². The SMILES string of the molecule is CC1=C(C)C(C)C(c2ccc(OCc3ccccc3)cc2P(c2ccccc2)c2ccccc2)=C1C. The lowest BCUT2D eigenvalue weighted by Crippen LogP contribution is -2.24. The molecule has 0 saturated carbocycles. The van der Waals surface area contributed by atoms with Gasteiger partial charge in [-0.15, -0.1) is 0 Å². The number of rotatable bonds is 7. The Bertz CT molecular complexity index is 1360. The molecule has 4 aromatic carbocycles. The number of ether oxygens (including phenoxy) is 1. The van der Waals surface area contributed by atoms with Crippen molar-refractivity contribution in [3.05, 3.63) is 137 Å². The third-order valence-electron chi connectivity index (χ3n) is 7.42. The zero-order chi connectivity index (χ0) is 25.1. The molecule has 0 saturated heterocycles. The van der Waals surface area contributed by atoms with Crippen molar-refractivity contribution in [2.75, 3.05) is 0 Å². The largest absolute Gasteiger partial charge is 0.489 e. The number of allylic oxidation sites excluding steroid dienone is 4. The van der Waals surface area contributed by atoms with E-state index in [9.17, 15) is 0 Å². The predicted molar refractivity (Wildman–Crippen MR) is 156 cm³/mol. The van der Waals surface area contributed by atoms with E-state index in [0.717, 1.165) is 5.75 Å². The summed E-state index contributed by atoms with van der Waals surface area (Å²) < 4.78 is 6.35. The van der Waals surface area contributed by atoms with E-state index in [2.05, 4.69) is 131 Å². The minimum atomic E-state index is -0.763. The smallest absolute Gasteiger partial charge is 0.120 e. The van der Waals surface area contributed by atoms with Crippen molar-refractivity contribution < 1.29 is 4.74 Å². The minimum absolute atomic E-state index is 0.406. The van der Waals surface area contributed by atoms with Gasteiger partial charge >= 0.3 is 0 Å². The zero-order valence-corrected chi connectivity index (χ0v) is 22.4. The molecule has 5 rings (SSSR count). The van der Waals surface area contributed by atoms with Crippen molar-refractivity contribution in [2.24, 2.45) is 5.92 Å². The van der Waals surface area contributed by atoms with Crippen LogP contribution in [0.1, 0.15) is 38.8 Å². The fourth-order valence-corrected chi connectivity index (χ4v) is 7.62. The summed E-state index contributed by atoms with van der Waals surface area (Å²) in [5, 5.41) is 4.06. The van der Waals surface area contributed by atoms with Gasteiger partial charge in [0.2, 0.25) is 0 Å². The highest BCUT2D eigenvalue weighted by Crippen LogP contribution is 2.45. The average molecular weight is 489 g/mol. The number of hydrogen-bond donors (Lipinski definition) is 0. The maximum atomic E-state index is 6.35. The summed E-state index contributed by atoms with van der Waals surface area (Å²) in [7, 11) is -0.763. The monoisotopic (exact) mass is 488 g/mol. The molecule has 4 aromatic rings. The van der Waals surface area contributed by atoms with Crippen LogP contribution < -0.4 is 20.7 Å². The van der Waals surface area contributed by atoms with Gasteiger partial charge in [-0.05, 0) is 84.6 Å². The van der Waals surface area contributed by atoms with Gasteiger partial charge in [0, 0.05) is 5.92 Å². The first-order valence-corrected chi connectivity index (χ1v) is 14.0. The van der Waals surface area contributed by atoms with E-state index >= 15 is 0 Å². The molecule has 1 aliphatic rings. The molecule has 0 bridgehead atoms. The third kappa shape index (κ3) is 4.81. The second kappa shape index (κ2) is 10.7. The van der Waals surface area contributed by atoms with Gasteiger partial charge in [0.25, 0.3) is 0 Å². The summed E-state index contributed by atoms with van der Waals surface area (Å²) in [6.07, 6.45) is 0. The Morgan fingerprint density at radius 3 is 1.75 bits per heavy atom. The summed E-state index contributed by atoms with van der Waals surface area (Å²) in [5.74, 6) is 1.32. The minimum Gasteiger partial charge on any atom is -0.489 e. The van der Waals surface area contributed by atoms with Crippen LogP contribution in [0, 0.1) is 5.92 Å². The zero-order valence-electron chi connectivity index (χ0n) is 21.5. The van der Waals surface area contributed by atoms with Crippen molar-refractivity contribution in [1.29, 1.82) is 0 Å². The summed E-state index contributed by atoms with van der Waals surface area (Å²) in [5.41, 5.74) is 8.29. The van der Waals surface area contributed by atoms with Crippen LogP contribution in [0.15, 0.2) is 126 Å². The normalized spacial score (nSPS) is 15.6. The van der Waals surface area contributed by atoms with Crippen LogP contribution in [-0.2, 0) is 6.61 Å². The summed E-state index contributed by atoms with van der Waals surface area (Å²) in [4.78, 5) is 0. The molecule has 0 heterocycles. The first kappa shape index (κ1) is 24.3. The third-order valence-corrected chi connectivity index (χ3v) is 9.90. The lowest BCUT2D eigenvalue weighted by Gasteiger charge is -2.25. The second-order valence-corrected chi connectivity index (χ2v) is 11.7. The molecule has 2 heteroatoms. The van der Waals surface area contributed by atoms with E-state index in [1.807, 2.05) is 6.07 Å². The van der Waals surface area contributed by atoms with Gasteiger partial charge in [-0.3, -0.25) is 0 Å². The van der Waals surface area contributed by atoms with E-state index in [0.29, 0.717) is 12.5 Å². The molecule has 0 spiro atoms. The highest BCUT2D eigenvalue weighted by atomic mass is 31.1. The molecule has 36 heavy (non-hydrogen) atoms. The molecule has 0 N–H and O–H groups in total. The van der Waals surface area contributed by atoms with Crippen molar-refractivity contribution in [2.45, 2.75) is 34.3 Å². The lowest BCUT2D eigenvalue weighted by molar-refractivity contribution is 0.306. The van der Waals surface area contributed by atoms with Crippen LogP contribution in [-0.4, -0.2) is 0 Å². The van der Waals surface area contributed by atoms with Gasteiger partial charge in [-0.25, -0.2) is 0 Å². The van der Waals surface area contributed by atoms with Crippen LogP contribution in [0.4, 0.5) is 0 Å². The van der Waals surface area contributed by atoms with Crippen molar-refractivity contribution in [1.82, 2.24) is 0 Å². The lowest BCUT2D eigenvalue weighted by atomic mass is 9.91. The Balaban J connectivity index is 1.67. The van der Waals surface area contributed by atoms with Gasteiger partial charge in [0.05, 0.1) is 0 Å². The summed E-state index contributed by atoms with van der Waals surface area (Å²) >= 11 is 0. The molecule has 0 fully saturated rings. The molecule has 180 valence electrons. The summed E-state index contributed by atoms with van der Waals surface area (Å²) in [6, 6.07) is 39.1. The Kier molecular flexibility index (Phi) is 7.21. The highest BCUT2D eigenvalue weighted by Gasteiger charge is 2.29. The van der Waals surface area contributed by atoms with Gasteiger partial charge in [-0.2, -0.15) is 0 Å². The standard InChI is InChI=1S/C34H33OP/c1-24-25(2)27(4)34(26(24)3)32-21-20-29(35-23-28-14-8-5-9-15-28)22-33(32)36(30-16-10-6-11-17-30)31-18-12-7-13-19-31/h5-22,26H,23H2,1-4H3. The van der Waals surface area contributed by atoms with Gasteiger partial charge in [0.15, 0.2) is 0 Å². The molecular weight excluding hydrogens is 455 g/mol. The van der Waals surface area contributed by atoms with Crippen molar-refractivity contribution >= 4 is 29.4 Å². The molecule has 1 nitrogen and oxygen atoms in total. The Morgan fingerprint density at radius 2 is 1.22 bits per heavy atom. The van der Waals surface area contributed by atoms with Crippen LogP contribution >= 0.6 is 7.92 Å². The van der Waals surface area contributed by atoms with Crippen molar-refractivity contribution in [3.8, 4) is 5.75 Å². The summed E-state index contributed by atoms with van der Waals surface area (Å²) in [6.45, 7) is 9.75. The maximum Gasteiger partial charge on any atom is 0.120 e. The molecule has 0 radical (unpaired) electrons. The van der Waals surface area contributed by atoms with Gasteiger partial charge in [-0.1, -0.05) is 110 Å². The molecule has 1 unspecified atom stereocenters. The van der Waals surface area contributed by atoms with Crippen LogP contribution in [0.5, 0.6) is 5.75 Å². The predicted octanol–water partition coefficient (Wildman–Crippen LogP) is 7.78. The van der Waals surface area contributed by atoms with E-state index < -0.39 is 7.92 Å². The molecule has 0 amide bonds. The van der Waals surface area contributed by atoms with Crippen LogP contribution in [0.3, 0.4) is 0 Å². The van der Waals surface area contributed by atoms with E-state index in [-0.39, 0.29) is 0 Å². The molecule has 0 aliphatic heterocycles. The highest BCUT2D eigenvalue weighted by molar-refractivity contribution is 7.80. The van der Waals surface area contributed by atoms with Gasteiger partial charge in [0.1, 0.15) is 12.4 Å². The number of benzene rings is 4. The fourth-order valence-electron chi connectivity index (χ4n) is 5.14. The maximum absolute atomic E-state index is 6.35. The Hall–Kier alpha value is -3.41. The topological polar surface area (TPSA) is 9.23 Å². The molecule has 0 aromatic heterocycles. The number of hydrogen-bond acceptors (Lipinski definition) is 1. The molecular formula is C34H33OP. The van der Waals surface area contributed by atoms with Crippen LogP contribution in [0.2, 0.25) is 0 Å². The molecule has 1 atom stereocenters. The first-order valence-electron chi connectivity index (χ1n) is 12.6.